The molecule has 5 nitrogen and oxygen atoms in total. The first kappa shape index (κ1) is 19.0. The lowest BCUT2D eigenvalue weighted by Crippen LogP contribution is -2.25. The molecule has 1 heterocycles. The molecule has 0 saturated carbocycles. The van der Waals surface area contributed by atoms with E-state index in [1.54, 1.807) is 37.4 Å². The van der Waals surface area contributed by atoms with Crippen molar-refractivity contribution >= 4 is 26.7 Å². The van der Waals surface area contributed by atoms with Crippen molar-refractivity contribution in [2.75, 3.05) is 12.4 Å². The molecule has 6 heteroatoms. The standard InChI is InChI=1S/C21H21NO4S/c1-2-26-21(23)19(17-8-4-3-5-9-17)15-27(24,25)14-16-12-18-10-6-7-11-20(18)22-13-16/h3-13,19H,2,14-15H2,1H3. The first-order valence-electron chi connectivity index (χ1n) is 8.74. The van der Waals surface area contributed by atoms with Crippen LogP contribution in [-0.4, -0.2) is 31.7 Å². The van der Waals surface area contributed by atoms with Crippen LogP contribution in [-0.2, 0) is 25.1 Å². The summed E-state index contributed by atoms with van der Waals surface area (Å²) in [7, 11) is -3.55. The molecule has 0 aliphatic heterocycles. The fourth-order valence-corrected chi connectivity index (χ4v) is 4.61. The first-order chi connectivity index (χ1) is 13.0. The summed E-state index contributed by atoms with van der Waals surface area (Å²) < 4.78 is 30.7. The molecule has 1 aromatic heterocycles. The number of benzene rings is 2. The number of para-hydroxylation sites is 1. The van der Waals surface area contributed by atoms with Crippen molar-refractivity contribution in [3.8, 4) is 0 Å². The van der Waals surface area contributed by atoms with Crippen LogP contribution in [0.1, 0.15) is 24.0 Å². The van der Waals surface area contributed by atoms with Crippen LogP contribution in [0, 0.1) is 0 Å². The van der Waals surface area contributed by atoms with Crippen molar-refractivity contribution in [3.63, 3.8) is 0 Å². The van der Waals surface area contributed by atoms with E-state index >= 15 is 0 Å². The largest absolute Gasteiger partial charge is 0.465 e. The molecule has 3 rings (SSSR count). The van der Waals surface area contributed by atoms with Crippen molar-refractivity contribution in [3.05, 3.63) is 78.0 Å². The molecule has 3 aromatic rings. The molecular weight excluding hydrogens is 362 g/mol. The fourth-order valence-electron chi connectivity index (χ4n) is 2.99. The molecule has 0 saturated heterocycles. The lowest BCUT2D eigenvalue weighted by Gasteiger charge is -2.16. The minimum atomic E-state index is -3.55. The van der Waals surface area contributed by atoms with E-state index in [0.717, 1.165) is 10.9 Å². The molecule has 27 heavy (non-hydrogen) atoms. The Morgan fingerprint density at radius 2 is 1.78 bits per heavy atom. The number of hydrogen-bond acceptors (Lipinski definition) is 5. The predicted octanol–water partition coefficient (Wildman–Crippen LogP) is 3.50. The van der Waals surface area contributed by atoms with E-state index < -0.39 is 21.7 Å². The van der Waals surface area contributed by atoms with Crippen molar-refractivity contribution in [1.82, 2.24) is 4.98 Å². The highest BCUT2D eigenvalue weighted by Crippen LogP contribution is 2.22. The SMILES string of the molecule is CCOC(=O)C(CS(=O)(=O)Cc1cnc2ccccc2c1)c1ccccc1. The second-order valence-electron chi connectivity index (χ2n) is 6.31. The van der Waals surface area contributed by atoms with Crippen molar-refractivity contribution in [2.45, 2.75) is 18.6 Å². The van der Waals surface area contributed by atoms with Gasteiger partial charge in [-0.3, -0.25) is 9.78 Å². The Morgan fingerprint density at radius 3 is 2.52 bits per heavy atom. The van der Waals surface area contributed by atoms with E-state index in [1.807, 2.05) is 36.4 Å². The highest BCUT2D eigenvalue weighted by molar-refractivity contribution is 7.90. The molecule has 0 fully saturated rings. The molecular formula is C21H21NO4S. The summed E-state index contributed by atoms with van der Waals surface area (Å²) in [6.45, 7) is 1.91. The number of aromatic nitrogens is 1. The fraction of sp³-hybridized carbons (Fsp3) is 0.238. The number of sulfone groups is 1. The molecule has 2 aromatic carbocycles. The lowest BCUT2D eigenvalue weighted by atomic mass is 10.0. The molecule has 140 valence electrons. The Bertz CT molecular complexity index is 1030. The van der Waals surface area contributed by atoms with Gasteiger partial charge in [-0.2, -0.15) is 0 Å². The second kappa shape index (κ2) is 8.31. The normalized spacial score (nSPS) is 12.6. The molecule has 0 amide bonds. The maximum absolute atomic E-state index is 12.8. The number of rotatable bonds is 7. The Morgan fingerprint density at radius 1 is 1.07 bits per heavy atom. The summed E-state index contributed by atoms with van der Waals surface area (Å²) in [4.78, 5) is 16.7. The van der Waals surface area contributed by atoms with Crippen molar-refractivity contribution in [2.24, 2.45) is 0 Å². The summed E-state index contributed by atoms with van der Waals surface area (Å²) in [5.74, 6) is -1.84. The zero-order valence-corrected chi connectivity index (χ0v) is 15.9. The quantitative estimate of drug-likeness (QED) is 0.584. The number of nitrogens with zero attached hydrogens (tertiary/aromatic N) is 1. The molecule has 1 atom stereocenters. The Balaban J connectivity index is 1.84. The average molecular weight is 383 g/mol. The van der Waals surface area contributed by atoms with Gasteiger partial charge in [0, 0.05) is 11.6 Å². The van der Waals surface area contributed by atoms with Crippen LogP contribution in [0.4, 0.5) is 0 Å². The van der Waals surface area contributed by atoms with Crippen LogP contribution in [0.2, 0.25) is 0 Å². The first-order valence-corrected chi connectivity index (χ1v) is 10.6. The molecule has 0 aliphatic carbocycles. The van der Waals surface area contributed by atoms with E-state index in [2.05, 4.69) is 4.98 Å². The zero-order chi connectivity index (χ0) is 19.3. The summed E-state index contributed by atoms with van der Waals surface area (Å²) in [5.41, 5.74) is 2.05. The number of carbonyl (C=O) groups is 1. The summed E-state index contributed by atoms with van der Waals surface area (Å²) in [6, 6.07) is 18.2. The van der Waals surface area contributed by atoms with Gasteiger partial charge in [-0.25, -0.2) is 8.42 Å². The smallest absolute Gasteiger partial charge is 0.314 e. The number of carbonyl (C=O) groups excluding carboxylic acids is 1. The molecule has 1 unspecified atom stereocenters. The number of ether oxygens (including phenoxy) is 1. The zero-order valence-electron chi connectivity index (χ0n) is 15.0. The highest BCUT2D eigenvalue weighted by Gasteiger charge is 2.28. The van der Waals surface area contributed by atoms with Gasteiger partial charge in [-0.05, 0) is 30.2 Å². The third-order valence-corrected chi connectivity index (χ3v) is 5.84. The number of esters is 1. The predicted molar refractivity (Wildman–Crippen MR) is 105 cm³/mol. The molecule has 0 spiro atoms. The third kappa shape index (κ3) is 4.92. The monoisotopic (exact) mass is 383 g/mol. The average Bonchev–Trinajstić information content (AvgIpc) is 2.66. The highest BCUT2D eigenvalue weighted by atomic mass is 32.2. The summed E-state index contributed by atoms with van der Waals surface area (Å²) >= 11 is 0. The Kier molecular flexibility index (Phi) is 5.86. The van der Waals surface area contributed by atoms with E-state index in [9.17, 15) is 13.2 Å². The van der Waals surface area contributed by atoms with Gasteiger partial charge in [0.15, 0.2) is 9.84 Å². The van der Waals surface area contributed by atoms with Gasteiger partial charge in [0.1, 0.15) is 0 Å². The van der Waals surface area contributed by atoms with Gasteiger partial charge in [0.25, 0.3) is 0 Å². The van der Waals surface area contributed by atoms with Gasteiger partial charge < -0.3 is 4.74 Å². The third-order valence-electron chi connectivity index (χ3n) is 4.23. The van der Waals surface area contributed by atoms with Gasteiger partial charge in [0.2, 0.25) is 0 Å². The van der Waals surface area contributed by atoms with Gasteiger partial charge in [0.05, 0.1) is 29.5 Å². The van der Waals surface area contributed by atoms with E-state index in [-0.39, 0.29) is 18.1 Å². The van der Waals surface area contributed by atoms with Crippen LogP contribution in [0.5, 0.6) is 0 Å². The number of hydrogen-bond donors (Lipinski definition) is 0. The van der Waals surface area contributed by atoms with Crippen LogP contribution in [0.15, 0.2) is 66.9 Å². The Labute approximate surface area is 158 Å². The van der Waals surface area contributed by atoms with Crippen LogP contribution in [0.3, 0.4) is 0 Å². The van der Waals surface area contributed by atoms with Gasteiger partial charge >= 0.3 is 5.97 Å². The lowest BCUT2D eigenvalue weighted by molar-refractivity contribution is -0.144. The van der Waals surface area contributed by atoms with Crippen molar-refractivity contribution in [1.29, 1.82) is 0 Å². The minimum absolute atomic E-state index is 0.173. The van der Waals surface area contributed by atoms with E-state index in [0.29, 0.717) is 11.1 Å². The van der Waals surface area contributed by atoms with Crippen LogP contribution < -0.4 is 0 Å². The Hall–Kier alpha value is -2.73. The van der Waals surface area contributed by atoms with Crippen LogP contribution >= 0.6 is 0 Å². The maximum Gasteiger partial charge on any atom is 0.314 e. The van der Waals surface area contributed by atoms with E-state index in [4.69, 9.17) is 4.74 Å². The van der Waals surface area contributed by atoms with E-state index in [1.165, 1.54) is 0 Å². The molecule has 0 bridgehead atoms. The topological polar surface area (TPSA) is 73.3 Å². The second-order valence-corrected chi connectivity index (χ2v) is 8.42. The van der Waals surface area contributed by atoms with Crippen molar-refractivity contribution < 1.29 is 17.9 Å². The molecule has 0 aliphatic rings. The minimum Gasteiger partial charge on any atom is -0.465 e. The summed E-state index contributed by atoms with van der Waals surface area (Å²) in [6.07, 6.45) is 1.57. The molecule has 0 radical (unpaired) electrons. The van der Waals surface area contributed by atoms with Gasteiger partial charge in [-0.1, -0.05) is 48.5 Å². The van der Waals surface area contributed by atoms with Gasteiger partial charge in [-0.15, -0.1) is 0 Å². The van der Waals surface area contributed by atoms with Crippen LogP contribution in [0.25, 0.3) is 10.9 Å². The number of pyridine rings is 1. The number of fused-ring (bicyclic) bond motifs is 1. The molecule has 0 N–H and O–H groups in total. The maximum atomic E-state index is 12.8. The summed E-state index contributed by atoms with van der Waals surface area (Å²) in [5, 5.41) is 0.884.